The molecule has 0 saturated heterocycles. The van der Waals surface area contributed by atoms with Crippen LogP contribution in [0.5, 0.6) is 0 Å². The molecule has 9 heteroatoms. The summed E-state index contributed by atoms with van der Waals surface area (Å²) in [5, 5.41) is 0. The predicted molar refractivity (Wildman–Crippen MR) is 99.7 cm³/mol. The molecule has 0 aromatic rings. The lowest BCUT2D eigenvalue weighted by atomic mass is 10.2. The Morgan fingerprint density at radius 2 is 1.74 bits per heavy atom. The van der Waals surface area contributed by atoms with Crippen LogP contribution < -0.4 is 0 Å². The van der Waals surface area contributed by atoms with Gasteiger partial charge in [0.05, 0.1) is 6.61 Å². The highest BCUT2D eigenvalue weighted by molar-refractivity contribution is 8.24. The molecule has 0 aromatic heterocycles. The van der Waals surface area contributed by atoms with Crippen molar-refractivity contribution in [2.24, 2.45) is 0 Å². The first-order chi connectivity index (χ1) is 10.7. The van der Waals surface area contributed by atoms with Crippen molar-refractivity contribution in [1.82, 2.24) is 4.90 Å². The van der Waals surface area contributed by atoms with Crippen molar-refractivity contribution in [2.75, 3.05) is 41.5 Å². The summed E-state index contributed by atoms with van der Waals surface area (Å²) in [5.74, 6) is -0.283. The van der Waals surface area contributed by atoms with Crippen LogP contribution in [-0.2, 0) is 22.8 Å². The van der Waals surface area contributed by atoms with Crippen LogP contribution in [0.3, 0.4) is 0 Å². The Kier molecular flexibility index (Phi) is 10.5. The molecule has 0 aromatic carbocycles. The Morgan fingerprint density at radius 3 is 2.17 bits per heavy atom. The Bertz CT molecular complexity index is 383. The largest absolute Gasteiger partial charge is 0.500 e. The highest BCUT2D eigenvalue weighted by atomic mass is 32.2. The van der Waals surface area contributed by atoms with E-state index in [4.69, 9.17) is 30.2 Å². The Hall–Kier alpha value is -0.193. The number of ether oxygens (including phenoxy) is 1. The monoisotopic (exact) mass is 383 g/mol. The summed E-state index contributed by atoms with van der Waals surface area (Å²) in [6.45, 7) is 6.73. The van der Waals surface area contributed by atoms with Crippen molar-refractivity contribution in [3.05, 3.63) is 0 Å². The minimum Gasteiger partial charge on any atom is -0.465 e. The minimum absolute atomic E-state index is 0.283. The first kappa shape index (κ1) is 22.8. The van der Waals surface area contributed by atoms with Crippen LogP contribution in [0.1, 0.15) is 27.2 Å². The molecule has 0 saturated carbocycles. The number of hydrogen-bond donors (Lipinski definition) is 0. The van der Waals surface area contributed by atoms with E-state index in [-0.39, 0.29) is 5.97 Å². The van der Waals surface area contributed by atoms with Crippen molar-refractivity contribution in [3.8, 4) is 0 Å². The van der Waals surface area contributed by atoms with E-state index in [2.05, 4.69) is 0 Å². The summed E-state index contributed by atoms with van der Waals surface area (Å²) < 4.78 is 21.3. The molecule has 6 nitrogen and oxygen atoms in total. The first-order valence-corrected chi connectivity index (χ1v) is 10.6. The van der Waals surface area contributed by atoms with Gasteiger partial charge in [0.25, 0.3) is 0 Å². The highest BCUT2D eigenvalue weighted by Crippen LogP contribution is 2.28. The topological polar surface area (TPSA) is 57.2 Å². The van der Waals surface area contributed by atoms with Gasteiger partial charge < -0.3 is 22.9 Å². The maximum atomic E-state index is 12.2. The standard InChI is InChI=1S/C14H29NO5S2Si/c1-8-15(4)13(21)22-14(2,3)12(16)20-10-9-11-23(17-5,18-6)19-7/h8-11H2,1-7H3. The van der Waals surface area contributed by atoms with Crippen LogP contribution in [0.2, 0.25) is 6.04 Å². The van der Waals surface area contributed by atoms with E-state index in [1.165, 1.54) is 11.8 Å². The smallest absolute Gasteiger partial charge is 0.465 e. The zero-order valence-corrected chi connectivity index (χ0v) is 17.8. The molecule has 0 N–H and O–H groups in total. The highest BCUT2D eigenvalue weighted by Gasteiger charge is 2.37. The van der Waals surface area contributed by atoms with Crippen molar-refractivity contribution >= 4 is 43.1 Å². The van der Waals surface area contributed by atoms with E-state index >= 15 is 0 Å². The van der Waals surface area contributed by atoms with Gasteiger partial charge in [0.2, 0.25) is 0 Å². The Balaban J connectivity index is 4.35. The third-order valence-corrected chi connectivity index (χ3v) is 7.97. The second kappa shape index (κ2) is 10.6. The number of thiocarbonyl (C=S) groups is 1. The van der Waals surface area contributed by atoms with Gasteiger partial charge in [0.1, 0.15) is 9.07 Å². The molecule has 0 atom stereocenters. The SMILES string of the molecule is CCN(C)C(=S)SC(C)(C)C(=O)OCCC[Si](OC)(OC)OC. The van der Waals surface area contributed by atoms with Crippen molar-refractivity contribution in [3.63, 3.8) is 0 Å². The average Bonchev–Trinajstić information content (AvgIpc) is 2.54. The zero-order chi connectivity index (χ0) is 18.1. The quantitative estimate of drug-likeness (QED) is 0.247. The lowest BCUT2D eigenvalue weighted by Gasteiger charge is -2.26. The third-order valence-electron chi connectivity index (χ3n) is 3.41. The van der Waals surface area contributed by atoms with Crippen LogP contribution in [-0.4, -0.2) is 70.3 Å². The third kappa shape index (κ3) is 7.49. The normalized spacial score (nSPS) is 12.1. The van der Waals surface area contributed by atoms with E-state index in [0.29, 0.717) is 23.4 Å². The molecule has 0 aliphatic rings. The fraction of sp³-hybridized carbons (Fsp3) is 0.857. The second-order valence-electron chi connectivity index (χ2n) is 5.43. The lowest BCUT2D eigenvalue weighted by molar-refractivity contribution is -0.145. The molecule has 0 heterocycles. The molecular formula is C14H29NO5S2Si. The van der Waals surface area contributed by atoms with Crippen LogP contribution in [0, 0.1) is 0 Å². The van der Waals surface area contributed by atoms with Crippen molar-refractivity contribution < 1.29 is 22.8 Å². The van der Waals surface area contributed by atoms with Gasteiger partial charge in [-0.05, 0) is 27.2 Å². The lowest BCUT2D eigenvalue weighted by Crippen LogP contribution is -2.43. The van der Waals surface area contributed by atoms with Gasteiger partial charge in [-0.25, -0.2) is 0 Å². The molecule has 0 rings (SSSR count). The zero-order valence-electron chi connectivity index (χ0n) is 15.1. The first-order valence-electron chi connectivity index (χ1n) is 7.44. The van der Waals surface area contributed by atoms with E-state index in [0.717, 1.165) is 6.54 Å². The number of thioether (sulfide) groups is 1. The molecule has 0 bridgehead atoms. The molecule has 0 unspecified atom stereocenters. The molecule has 0 aliphatic carbocycles. The van der Waals surface area contributed by atoms with Crippen LogP contribution in [0.15, 0.2) is 0 Å². The summed E-state index contributed by atoms with van der Waals surface area (Å²) in [6, 6.07) is 0.592. The summed E-state index contributed by atoms with van der Waals surface area (Å²) in [6.07, 6.45) is 0.619. The molecule has 0 amide bonds. The van der Waals surface area contributed by atoms with Crippen LogP contribution in [0.25, 0.3) is 0 Å². The van der Waals surface area contributed by atoms with Crippen LogP contribution in [0.4, 0.5) is 0 Å². The number of esters is 1. The molecule has 0 radical (unpaired) electrons. The number of rotatable bonds is 10. The summed E-state index contributed by atoms with van der Waals surface area (Å²) >= 11 is 6.65. The van der Waals surface area contributed by atoms with Gasteiger partial charge in [-0.3, -0.25) is 4.79 Å². The van der Waals surface area contributed by atoms with Crippen molar-refractivity contribution in [1.29, 1.82) is 0 Å². The minimum atomic E-state index is -2.61. The number of hydrogen-bond acceptors (Lipinski definition) is 7. The van der Waals surface area contributed by atoms with Gasteiger partial charge in [-0.2, -0.15) is 0 Å². The van der Waals surface area contributed by atoms with Gasteiger partial charge in [0.15, 0.2) is 0 Å². The maximum absolute atomic E-state index is 12.2. The second-order valence-corrected chi connectivity index (χ2v) is 10.8. The van der Waals surface area contributed by atoms with E-state index in [1.54, 1.807) is 21.3 Å². The average molecular weight is 384 g/mol. The molecule has 0 fully saturated rings. The van der Waals surface area contributed by atoms with E-state index in [9.17, 15) is 4.79 Å². The molecule has 23 heavy (non-hydrogen) atoms. The Morgan fingerprint density at radius 1 is 1.22 bits per heavy atom. The predicted octanol–water partition coefficient (Wildman–Crippen LogP) is 2.55. The Labute approximate surface area is 150 Å². The fourth-order valence-corrected chi connectivity index (χ4v) is 4.96. The van der Waals surface area contributed by atoms with Gasteiger partial charge in [0, 0.05) is 41.0 Å². The molecule has 0 aliphatic heterocycles. The number of carbonyl (C=O) groups is 1. The van der Waals surface area contributed by atoms with Gasteiger partial charge >= 0.3 is 14.8 Å². The molecule has 136 valence electrons. The van der Waals surface area contributed by atoms with E-state index < -0.39 is 13.6 Å². The summed E-state index contributed by atoms with van der Waals surface area (Å²) in [7, 11) is 4.00. The summed E-state index contributed by atoms with van der Waals surface area (Å²) in [4.78, 5) is 14.2. The van der Waals surface area contributed by atoms with E-state index in [1.807, 2.05) is 32.7 Å². The fourth-order valence-electron chi connectivity index (χ4n) is 1.65. The maximum Gasteiger partial charge on any atom is 0.500 e. The van der Waals surface area contributed by atoms with Gasteiger partial charge in [-0.1, -0.05) is 24.0 Å². The molecule has 0 spiro atoms. The van der Waals surface area contributed by atoms with Crippen molar-refractivity contribution in [2.45, 2.75) is 38.0 Å². The van der Waals surface area contributed by atoms with Crippen LogP contribution >= 0.6 is 24.0 Å². The number of carbonyl (C=O) groups excluding carboxylic acids is 1. The molecular weight excluding hydrogens is 354 g/mol. The summed E-state index contributed by atoms with van der Waals surface area (Å²) in [5.41, 5.74) is 0. The van der Waals surface area contributed by atoms with Gasteiger partial charge in [-0.15, -0.1) is 0 Å². The number of nitrogens with zero attached hydrogens (tertiary/aromatic N) is 1.